The second-order valence-corrected chi connectivity index (χ2v) is 5.90. The first kappa shape index (κ1) is 17.5. The molecule has 3 aromatic heterocycles. The predicted octanol–water partition coefficient (Wildman–Crippen LogP) is 1.01. The van der Waals surface area contributed by atoms with Crippen molar-refractivity contribution in [1.82, 2.24) is 24.5 Å². The van der Waals surface area contributed by atoms with Crippen molar-refractivity contribution in [2.24, 2.45) is 5.73 Å². The fourth-order valence-electron chi connectivity index (χ4n) is 2.95. The van der Waals surface area contributed by atoms with Crippen molar-refractivity contribution in [2.45, 2.75) is 6.61 Å². The maximum Gasteiger partial charge on any atom is 0.331 e. The highest BCUT2D eigenvalue weighted by Crippen LogP contribution is 2.29. The summed E-state index contributed by atoms with van der Waals surface area (Å²) in [5.74, 6) is -0.368. The number of nitrogens with two attached hydrogens (primary N) is 1. The topological polar surface area (TPSA) is 129 Å². The molecular formula is C17H14FN7O3. The number of hydrogen-bond donors (Lipinski definition) is 2. The first-order valence-electron chi connectivity index (χ1n) is 8.10. The molecule has 0 bridgehead atoms. The second-order valence-electron chi connectivity index (χ2n) is 5.90. The van der Waals surface area contributed by atoms with E-state index in [1.807, 2.05) is 0 Å². The number of fused-ring (bicyclic) bond motifs is 3. The largest absolute Gasteiger partial charge is 0.378 e. The zero-order valence-corrected chi connectivity index (χ0v) is 14.6. The summed E-state index contributed by atoms with van der Waals surface area (Å²) in [5.41, 5.74) is 9.21. The molecule has 0 aliphatic carbocycles. The lowest BCUT2D eigenvalue weighted by molar-refractivity contribution is 0.181. The van der Waals surface area contributed by atoms with Gasteiger partial charge in [-0.05, 0) is 23.8 Å². The minimum absolute atomic E-state index is 0.0131. The normalized spacial score (nSPS) is 11.2. The van der Waals surface area contributed by atoms with Crippen molar-refractivity contribution in [3.05, 3.63) is 58.4 Å². The number of halogens is 1. The lowest BCUT2D eigenvalue weighted by Gasteiger charge is -2.06. The summed E-state index contributed by atoms with van der Waals surface area (Å²) in [5, 5.41) is 12.6. The number of urea groups is 1. The van der Waals surface area contributed by atoms with Gasteiger partial charge in [0.2, 0.25) is 0 Å². The van der Waals surface area contributed by atoms with Crippen LogP contribution in [0.15, 0.2) is 41.3 Å². The van der Waals surface area contributed by atoms with E-state index in [1.54, 1.807) is 18.2 Å². The Labute approximate surface area is 156 Å². The Bertz CT molecular complexity index is 1260. The van der Waals surface area contributed by atoms with Crippen LogP contribution in [0.4, 0.5) is 9.18 Å². The number of rotatable bonds is 4. The summed E-state index contributed by atoms with van der Waals surface area (Å²) in [6.07, 6.45) is 1.34. The molecule has 0 aliphatic heterocycles. The van der Waals surface area contributed by atoms with Crippen LogP contribution >= 0.6 is 0 Å². The van der Waals surface area contributed by atoms with Gasteiger partial charge in [0.05, 0.1) is 17.9 Å². The van der Waals surface area contributed by atoms with Crippen molar-refractivity contribution >= 4 is 22.7 Å². The first-order chi connectivity index (χ1) is 13.5. The first-order valence-corrected chi connectivity index (χ1v) is 8.10. The summed E-state index contributed by atoms with van der Waals surface area (Å²) in [6.45, 7) is 0.178. The van der Waals surface area contributed by atoms with Crippen molar-refractivity contribution in [2.75, 3.05) is 12.5 Å². The van der Waals surface area contributed by atoms with Gasteiger partial charge in [-0.1, -0.05) is 12.1 Å². The zero-order valence-electron chi connectivity index (χ0n) is 14.6. The predicted molar refractivity (Wildman–Crippen MR) is 97.6 cm³/mol. The van der Waals surface area contributed by atoms with Crippen LogP contribution in [0.25, 0.3) is 27.8 Å². The number of primary amides is 1. The molecule has 0 saturated heterocycles. The van der Waals surface area contributed by atoms with Gasteiger partial charge >= 0.3 is 6.03 Å². The smallest absolute Gasteiger partial charge is 0.331 e. The SMILES string of the molecule is COCc1nn2c(nnc3c(=O)n(NC(N)=O)ccc32)c1-c1ccc(F)cc1. The van der Waals surface area contributed by atoms with Crippen molar-refractivity contribution in [3.8, 4) is 11.1 Å². The van der Waals surface area contributed by atoms with Crippen LogP contribution in [0.2, 0.25) is 0 Å². The highest BCUT2D eigenvalue weighted by molar-refractivity contribution is 5.85. The number of nitrogens with zero attached hydrogens (tertiary/aromatic N) is 5. The maximum atomic E-state index is 13.3. The van der Waals surface area contributed by atoms with E-state index in [0.29, 0.717) is 28.0 Å². The fourth-order valence-corrected chi connectivity index (χ4v) is 2.95. The third-order valence-corrected chi connectivity index (χ3v) is 4.10. The number of methoxy groups -OCH3 is 1. The van der Waals surface area contributed by atoms with Gasteiger partial charge in [-0.3, -0.25) is 4.79 Å². The number of carbonyl (C=O) groups is 1. The standard InChI is InChI=1S/C17H14FN7O3/c1-28-8-11-13(9-2-4-10(18)5-3-9)15-21-20-14-12(25(15)22-11)6-7-24(16(14)26)23-17(19)27/h2-7H,8H2,1H3,(H3,19,23,27). The van der Waals surface area contributed by atoms with Gasteiger partial charge in [-0.2, -0.15) is 5.10 Å². The number of aromatic nitrogens is 5. The van der Waals surface area contributed by atoms with Crippen molar-refractivity contribution in [1.29, 1.82) is 0 Å². The lowest BCUT2D eigenvalue weighted by Crippen LogP contribution is -2.36. The minimum atomic E-state index is -0.893. The Kier molecular flexibility index (Phi) is 4.20. The highest BCUT2D eigenvalue weighted by atomic mass is 19.1. The Morgan fingerprint density at radius 1 is 1.25 bits per heavy atom. The van der Waals surface area contributed by atoms with Crippen molar-refractivity contribution in [3.63, 3.8) is 0 Å². The molecule has 2 amide bonds. The third kappa shape index (κ3) is 2.83. The fraction of sp³-hybridized carbons (Fsp3) is 0.118. The molecule has 3 N–H and O–H groups in total. The molecule has 4 aromatic rings. The average molecular weight is 383 g/mol. The molecule has 0 fully saturated rings. The van der Waals surface area contributed by atoms with Crippen LogP contribution in [0, 0.1) is 5.82 Å². The maximum absolute atomic E-state index is 13.3. The number of benzene rings is 1. The van der Waals surface area contributed by atoms with E-state index in [0.717, 1.165) is 4.68 Å². The van der Waals surface area contributed by atoms with E-state index in [2.05, 4.69) is 20.7 Å². The van der Waals surface area contributed by atoms with Gasteiger partial charge in [0.1, 0.15) is 11.3 Å². The average Bonchev–Trinajstić information content (AvgIpc) is 3.03. The summed E-state index contributed by atoms with van der Waals surface area (Å²) >= 11 is 0. The quantitative estimate of drug-likeness (QED) is 0.541. The number of carbonyl (C=O) groups excluding carboxylic acids is 1. The van der Waals surface area contributed by atoms with Crippen LogP contribution < -0.4 is 16.7 Å². The van der Waals surface area contributed by atoms with Crippen molar-refractivity contribution < 1.29 is 13.9 Å². The summed E-state index contributed by atoms with van der Waals surface area (Å²) in [6, 6.07) is 6.52. The van der Waals surface area contributed by atoms with Crippen LogP contribution in [-0.4, -0.2) is 37.6 Å². The highest BCUT2D eigenvalue weighted by Gasteiger charge is 2.19. The van der Waals surface area contributed by atoms with Gasteiger partial charge in [-0.15, -0.1) is 10.2 Å². The molecule has 142 valence electrons. The number of ether oxygens (including phenoxy) is 1. The van der Waals surface area contributed by atoms with Crippen LogP contribution in [-0.2, 0) is 11.3 Å². The number of hydrogen-bond acceptors (Lipinski definition) is 6. The third-order valence-electron chi connectivity index (χ3n) is 4.10. The molecule has 10 nitrogen and oxygen atoms in total. The second kappa shape index (κ2) is 6.70. The molecule has 0 saturated carbocycles. The zero-order chi connectivity index (χ0) is 19.8. The molecule has 1 aromatic carbocycles. The molecule has 4 rings (SSSR count). The molecule has 0 radical (unpaired) electrons. The number of pyridine rings is 1. The van der Waals surface area contributed by atoms with Crippen LogP contribution in [0.5, 0.6) is 0 Å². The Hall–Kier alpha value is -3.86. The summed E-state index contributed by atoms with van der Waals surface area (Å²) < 4.78 is 20.9. The van der Waals surface area contributed by atoms with Crippen LogP contribution in [0.1, 0.15) is 5.69 Å². The molecule has 11 heteroatoms. The van der Waals surface area contributed by atoms with Gasteiger partial charge in [0.15, 0.2) is 11.2 Å². The van der Waals surface area contributed by atoms with Gasteiger partial charge in [0.25, 0.3) is 5.56 Å². The number of nitrogens with one attached hydrogen (secondary N) is 1. The summed E-state index contributed by atoms with van der Waals surface area (Å²) in [7, 11) is 1.52. The van der Waals surface area contributed by atoms with E-state index in [-0.39, 0.29) is 17.9 Å². The molecule has 3 heterocycles. The van der Waals surface area contributed by atoms with Gasteiger partial charge in [-0.25, -0.2) is 23.8 Å². The van der Waals surface area contributed by atoms with E-state index >= 15 is 0 Å². The molecule has 0 aliphatic rings. The Morgan fingerprint density at radius 3 is 2.68 bits per heavy atom. The summed E-state index contributed by atoms with van der Waals surface area (Å²) in [4.78, 5) is 23.5. The van der Waals surface area contributed by atoms with E-state index < -0.39 is 11.6 Å². The molecule has 0 unspecified atom stereocenters. The lowest BCUT2D eigenvalue weighted by atomic mass is 10.1. The Balaban J connectivity index is 2.00. The van der Waals surface area contributed by atoms with E-state index in [1.165, 1.54) is 30.0 Å². The molecule has 0 spiro atoms. The van der Waals surface area contributed by atoms with Crippen LogP contribution in [0.3, 0.4) is 0 Å². The Morgan fingerprint density at radius 2 is 2.00 bits per heavy atom. The molecular weight excluding hydrogens is 369 g/mol. The number of amides is 2. The van der Waals surface area contributed by atoms with E-state index in [4.69, 9.17) is 10.5 Å². The molecule has 28 heavy (non-hydrogen) atoms. The monoisotopic (exact) mass is 383 g/mol. The minimum Gasteiger partial charge on any atom is -0.378 e. The molecule has 0 atom stereocenters. The van der Waals surface area contributed by atoms with Gasteiger partial charge < -0.3 is 10.5 Å². The van der Waals surface area contributed by atoms with Gasteiger partial charge in [0, 0.05) is 13.3 Å². The van der Waals surface area contributed by atoms with E-state index in [9.17, 15) is 14.0 Å².